The number of carboxylic acid groups (broad SMARTS) is 1. The van der Waals surface area contributed by atoms with E-state index in [0.29, 0.717) is 5.82 Å². The molecule has 0 radical (unpaired) electrons. The zero-order chi connectivity index (χ0) is 14.1. The topological polar surface area (TPSA) is 66.0 Å². The standard InChI is InChI=1S/C16H14N2O2/c1-2-10-6-7-13-14(8-10)18-15(17-13)11-4-3-5-12(9-11)16(19)20/h3-9H,2H2,1H3,(H,17,18)(H,19,20). The predicted molar refractivity (Wildman–Crippen MR) is 77.9 cm³/mol. The highest BCUT2D eigenvalue weighted by Crippen LogP contribution is 2.22. The quantitative estimate of drug-likeness (QED) is 0.762. The summed E-state index contributed by atoms with van der Waals surface area (Å²) in [5, 5.41) is 9.03. The van der Waals surface area contributed by atoms with E-state index in [2.05, 4.69) is 29.0 Å². The normalized spacial score (nSPS) is 10.8. The molecule has 3 rings (SSSR count). The van der Waals surface area contributed by atoms with Gasteiger partial charge in [0.1, 0.15) is 5.82 Å². The highest BCUT2D eigenvalue weighted by Gasteiger charge is 2.08. The molecule has 100 valence electrons. The number of hydrogen-bond donors (Lipinski definition) is 2. The Bertz CT molecular complexity index is 790. The minimum atomic E-state index is -0.934. The van der Waals surface area contributed by atoms with Gasteiger partial charge in [-0.05, 0) is 36.2 Å². The number of aromatic nitrogens is 2. The number of aryl methyl sites for hydroxylation is 1. The molecule has 0 saturated heterocycles. The largest absolute Gasteiger partial charge is 0.478 e. The van der Waals surface area contributed by atoms with Gasteiger partial charge in [-0.3, -0.25) is 0 Å². The lowest BCUT2D eigenvalue weighted by molar-refractivity contribution is 0.0697. The molecule has 0 bridgehead atoms. The highest BCUT2D eigenvalue weighted by atomic mass is 16.4. The first-order chi connectivity index (χ1) is 9.67. The monoisotopic (exact) mass is 266 g/mol. The molecule has 1 heterocycles. The van der Waals surface area contributed by atoms with Crippen LogP contribution >= 0.6 is 0 Å². The van der Waals surface area contributed by atoms with Crippen molar-refractivity contribution in [2.24, 2.45) is 0 Å². The number of nitrogens with one attached hydrogen (secondary N) is 1. The van der Waals surface area contributed by atoms with Crippen LogP contribution in [0.2, 0.25) is 0 Å². The molecule has 0 atom stereocenters. The Hall–Kier alpha value is -2.62. The SMILES string of the molecule is CCc1ccc2nc(-c3cccc(C(=O)O)c3)[nH]c2c1. The zero-order valence-corrected chi connectivity index (χ0v) is 11.1. The van der Waals surface area contributed by atoms with Gasteiger partial charge < -0.3 is 10.1 Å². The van der Waals surface area contributed by atoms with Crippen molar-refractivity contribution in [3.05, 3.63) is 53.6 Å². The number of carbonyl (C=O) groups is 1. The van der Waals surface area contributed by atoms with E-state index in [1.54, 1.807) is 18.2 Å². The first-order valence-electron chi connectivity index (χ1n) is 6.50. The number of aromatic amines is 1. The van der Waals surface area contributed by atoms with E-state index in [-0.39, 0.29) is 5.56 Å². The third-order valence-corrected chi connectivity index (χ3v) is 3.34. The predicted octanol–water partition coefficient (Wildman–Crippen LogP) is 3.49. The summed E-state index contributed by atoms with van der Waals surface area (Å²) in [6.07, 6.45) is 0.971. The molecule has 0 saturated carbocycles. The lowest BCUT2D eigenvalue weighted by Gasteiger charge is -1.98. The molecule has 2 aromatic carbocycles. The maximum Gasteiger partial charge on any atom is 0.335 e. The average Bonchev–Trinajstić information content (AvgIpc) is 2.90. The van der Waals surface area contributed by atoms with Crippen LogP contribution in [0.25, 0.3) is 22.4 Å². The Balaban J connectivity index is 2.10. The molecule has 0 amide bonds. The maximum absolute atomic E-state index is 11.0. The van der Waals surface area contributed by atoms with Crippen molar-refractivity contribution in [1.82, 2.24) is 9.97 Å². The molecule has 0 aliphatic rings. The van der Waals surface area contributed by atoms with Gasteiger partial charge in [0.2, 0.25) is 0 Å². The fraction of sp³-hybridized carbons (Fsp3) is 0.125. The number of rotatable bonds is 3. The van der Waals surface area contributed by atoms with Crippen molar-refractivity contribution >= 4 is 17.0 Å². The van der Waals surface area contributed by atoms with Crippen LogP contribution in [0.5, 0.6) is 0 Å². The molecule has 0 aliphatic carbocycles. The molecule has 20 heavy (non-hydrogen) atoms. The average molecular weight is 266 g/mol. The lowest BCUT2D eigenvalue weighted by atomic mass is 10.1. The van der Waals surface area contributed by atoms with Crippen LogP contribution in [-0.2, 0) is 6.42 Å². The Morgan fingerprint density at radius 2 is 2.10 bits per heavy atom. The van der Waals surface area contributed by atoms with Crippen LogP contribution in [0, 0.1) is 0 Å². The summed E-state index contributed by atoms with van der Waals surface area (Å²) in [5.74, 6) is -0.243. The molecule has 3 aromatic rings. The summed E-state index contributed by atoms with van der Waals surface area (Å²) in [6.45, 7) is 2.11. The molecular weight excluding hydrogens is 252 g/mol. The van der Waals surface area contributed by atoms with E-state index in [1.807, 2.05) is 12.1 Å². The van der Waals surface area contributed by atoms with Crippen LogP contribution < -0.4 is 0 Å². The van der Waals surface area contributed by atoms with E-state index in [0.717, 1.165) is 23.0 Å². The number of H-pyrrole nitrogens is 1. The smallest absolute Gasteiger partial charge is 0.335 e. The molecule has 0 spiro atoms. The van der Waals surface area contributed by atoms with Crippen LogP contribution in [-0.4, -0.2) is 21.0 Å². The maximum atomic E-state index is 11.0. The molecule has 0 aliphatic heterocycles. The highest BCUT2D eigenvalue weighted by molar-refractivity contribution is 5.89. The summed E-state index contributed by atoms with van der Waals surface area (Å²) >= 11 is 0. The van der Waals surface area contributed by atoms with E-state index in [1.165, 1.54) is 5.56 Å². The molecule has 0 fully saturated rings. The third-order valence-electron chi connectivity index (χ3n) is 3.34. The van der Waals surface area contributed by atoms with Crippen molar-refractivity contribution in [2.75, 3.05) is 0 Å². The minimum Gasteiger partial charge on any atom is -0.478 e. The van der Waals surface area contributed by atoms with Gasteiger partial charge in [-0.25, -0.2) is 9.78 Å². The van der Waals surface area contributed by atoms with E-state index < -0.39 is 5.97 Å². The van der Waals surface area contributed by atoms with Gasteiger partial charge in [-0.15, -0.1) is 0 Å². The summed E-state index contributed by atoms with van der Waals surface area (Å²) in [7, 11) is 0. The summed E-state index contributed by atoms with van der Waals surface area (Å²) in [6, 6.07) is 12.9. The van der Waals surface area contributed by atoms with Gasteiger partial charge >= 0.3 is 5.97 Å². The van der Waals surface area contributed by atoms with Gasteiger partial charge in [0.15, 0.2) is 0 Å². The van der Waals surface area contributed by atoms with Gasteiger partial charge in [0, 0.05) is 5.56 Å². The first-order valence-corrected chi connectivity index (χ1v) is 6.50. The number of carboxylic acids is 1. The van der Waals surface area contributed by atoms with Gasteiger partial charge in [0.05, 0.1) is 16.6 Å². The fourth-order valence-corrected chi connectivity index (χ4v) is 2.21. The summed E-state index contributed by atoms with van der Waals surface area (Å²) < 4.78 is 0. The van der Waals surface area contributed by atoms with E-state index in [9.17, 15) is 4.79 Å². The Morgan fingerprint density at radius 3 is 2.85 bits per heavy atom. The van der Waals surface area contributed by atoms with Gasteiger partial charge in [0.25, 0.3) is 0 Å². The van der Waals surface area contributed by atoms with Crippen molar-refractivity contribution in [1.29, 1.82) is 0 Å². The van der Waals surface area contributed by atoms with Gasteiger partial charge in [-0.2, -0.15) is 0 Å². The molecule has 1 aromatic heterocycles. The summed E-state index contributed by atoms with van der Waals surface area (Å²) in [4.78, 5) is 18.8. The van der Waals surface area contributed by atoms with Gasteiger partial charge in [-0.1, -0.05) is 25.1 Å². The lowest BCUT2D eigenvalue weighted by Crippen LogP contribution is -1.95. The van der Waals surface area contributed by atoms with Crippen molar-refractivity contribution in [3.63, 3.8) is 0 Å². The van der Waals surface area contributed by atoms with Crippen LogP contribution in [0.3, 0.4) is 0 Å². The van der Waals surface area contributed by atoms with Crippen molar-refractivity contribution < 1.29 is 9.90 Å². The number of imidazole rings is 1. The Morgan fingerprint density at radius 1 is 1.25 bits per heavy atom. The van der Waals surface area contributed by atoms with Crippen molar-refractivity contribution in [3.8, 4) is 11.4 Å². The Kier molecular flexibility index (Phi) is 2.99. The number of aromatic carboxylic acids is 1. The van der Waals surface area contributed by atoms with Crippen LogP contribution in [0.1, 0.15) is 22.8 Å². The number of hydrogen-bond acceptors (Lipinski definition) is 2. The van der Waals surface area contributed by atoms with Crippen LogP contribution in [0.4, 0.5) is 0 Å². The first kappa shape index (κ1) is 12.4. The number of benzene rings is 2. The molecule has 4 nitrogen and oxygen atoms in total. The molecular formula is C16H14N2O2. The number of fused-ring (bicyclic) bond motifs is 1. The Labute approximate surface area is 116 Å². The second kappa shape index (κ2) is 4.81. The molecule has 4 heteroatoms. The zero-order valence-electron chi connectivity index (χ0n) is 11.1. The number of nitrogens with zero attached hydrogens (tertiary/aromatic N) is 1. The third kappa shape index (κ3) is 2.16. The van der Waals surface area contributed by atoms with E-state index in [4.69, 9.17) is 5.11 Å². The van der Waals surface area contributed by atoms with Crippen molar-refractivity contribution in [2.45, 2.75) is 13.3 Å². The second-order valence-electron chi connectivity index (χ2n) is 4.68. The van der Waals surface area contributed by atoms with E-state index >= 15 is 0 Å². The minimum absolute atomic E-state index is 0.261. The van der Waals surface area contributed by atoms with Crippen LogP contribution in [0.15, 0.2) is 42.5 Å². The molecule has 2 N–H and O–H groups in total. The summed E-state index contributed by atoms with van der Waals surface area (Å²) in [5.41, 5.74) is 4.14. The second-order valence-corrected chi connectivity index (χ2v) is 4.68. The molecule has 0 unspecified atom stereocenters. The fourth-order valence-electron chi connectivity index (χ4n) is 2.21.